The second kappa shape index (κ2) is 9.21. The molecule has 1 amide bonds. The number of amides is 1. The number of benzene rings is 2. The first-order chi connectivity index (χ1) is 14.2. The zero-order valence-corrected chi connectivity index (χ0v) is 17.8. The number of Topliss-reactive ketones (excluding diaryl/α,β-unsaturated/α-hetero) is 1. The van der Waals surface area contributed by atoms with Crippen LogP contribution in [0.1, 0.15) is 31.1 Å². The third-order valence-electron chi connectivity index (χ3n) is 4.29. The number of carbonyl (C=O) groups excluding carboxylic acids is 3. The molecule has 1 aliphatic rings. The molecule has 1 aliphatic heterocycles. The van der Waals surface area contributed by atoms with Crippen LogP contribution >= 0.6 is 11.8 Å². The summed E-state index contributed by atoms with van der Waals surface area (Å²) in [6.07, 6.45) is 0. The number of thioether (sulfide) groups is 1. The largest absolute Gasteiger partial charge is 0.454 e. The highest BCUT2D eigenvalue weighted by Crippen LogP contribution is 2.34. The standard InChI is InChI=1S/C22H23NO6S/c1-22(2,3)19(24)11-27-21(26)15-6-4-5-7-18(15)30-12-20(25)23-14-8-9-16-17(10-14)29-13-28-16/h4-10H,11-13H2,1-3H3,(H,23,25). The maximum atomic E-state index is 12.4. The van der Waals surface area contributed by atoms with Crippen LogP contribution in [0.2, 0.25) is 0 Å². The van der Waals surface area contributed by atoms with Gasteiger partial charge in [-0.25, -0.2) is 4.79 Å². The van der Waals surface area contributed by atoms with Crippen molar-refractivity contribution in [3.63, 3.8) is 0 Å². The summed E-state index contributed by atoms with van der Waals surface area (Å²) in [6.45, 7) is 5.19. The predicted molar refractivity (Wildman–Crippen MR) is 113 cm³/mol. The molecule has 2 aromatic carbocycles. The first-order valence-corrected chi connectivity index (χ1v) is 10.3. The Balaban J connectivity index is 1.57. The Morgan fingerprint density at radius 1 is 1.07 bits per heavy atom. The number of hydrogen-bond acceptors (Lipinski definition) is 7. The fourth-order valence-corrected chi connectivity index (χ4v) is 3.34. The van der Waals surface area contributed by atoms with Crippen molar-refractivity contribution in [1.82, 2.24) is 0 Å². The lowest BCUT2D eigenvalue weighted by Gasteiger charge is -2.16. The fraction of sp³-hybridized carbons (Fsp3) is 0.318. The maximum Gasteiger partial charge on any atom is 0.339 e. The van der Waals surface area contributed by atoms with Crippen LogP contribution in [0.25, 0.3) is 0 Å². The minimum Gasteiger partial charge on any atom is -0.454 e. The van der Waals surface area contributed by atoms with Crippen molar-refractivity contribution in [3.05, 3.63) is 48.0 Å². The van der Waals surface area contributed by atoms with E-state index < -0.39 is 11.4 Å². The molecule has 2 aromatic rings. The first kappa shape index (κ1) is 21.7. The molecule has 3 rings (SSSR count). The highest BCUT2D eigenvalue weighted by Gasteiger charge is 2.23. The molecule has 7 nitrogen and oxygen atoms in total. The number of ketones is 1. The molecule has 0 saturated heterocycles. The van der Waals surface area contributed by atoms with E-state index in [4.69, 9.17) is 14.2 Å². The van der Waals surface area contributed by atoms with Gasteiger partial charge in [-0.2, -0.15) is 0 Å². The number of hydrogen-bond donors (Lipinski definition) is 1. The molecule has 0 spiro atoms. The summed E-state index contributed by atoms with van der Waals surface area (Å²) in [5.74, 6) is 0.332. The SMILES string of the molecule is CC(C)(C)C(=O)COC(=O)c1ccccc1SCC(=O)Nc1ccc2c(c1)OCO2. The molecule has 0 saturated carbocycles. The van der Waals surface area contributed by atoms with E-state index in [-0.39, 0.29) is 30.8 Å². The highest BCUT2D eigenvalue weighted by molar-refractivity contribution is 8.00. The Labute approximate surface area is 179 Å². The summed E-state index contributed by atoms with van der Waals surface area (Å²) < 4.78 is 15.7. The average Bonchev–Trinajstić information content (AvgIpc) is 3.17. The average molecular weight is 429 g/mol. The Morgan fingerprint density at radius 2 is 1.80 bits per heavy atom. The van der Waals surface area contributed by atoms with Gasteiger partial charge in [-0.3, -0.25) is 9.59 Å². The van der Waals surface area contributed by atoms with Gasteiger partial charge in [0, 0.05) is 22.1 Å². The Morgan fingerprint density at radius 3 is 2.57 bits per heavy atom. The van der Waals surface area contributed by atoms with Crippen molar-refractivity contribution in [2.75, 3.05) is 24.5 Å². The van der Waals surface area contributed by atoms with Gasteiger partial charge in [-0.1, -0.05) is 32.9 Å². The van der Waals surface area contributed by atoms with Crippen molar-refractivity contribution >= 4 is 35.1 Å². The summed E-state index contributed by atoms with van der Waals surface area (Å²) in [5, 5.41) is 2.79. The summed E-state index contributed by atoms with van der Waals surface area (Å²) in [6, 6.07) is 12.0. The number of fused-ring (bicyclic) bond motifs is 1. The smallest absolute Gasteiger partial charge is 0.339 e. The molecule has 0 aliphatic carbocycles. The minimum absolute atomic E-state index is 0.0969. The second-order valence-corrected chi connectivity index (χ2v) is 8.67. The number of nitrogens with one attached hydrogen (secondary N) is 1. The van der Waals surface area contributed by atoms with Crippen LogP contribution < -0.4 is 14.8 Å². The monoisotopic (exact) mass is 429 g/mol. The number of carbonyl (C=O) groups is 3. The van der Waals surface area contributed by atoms with Crippen molar-refractivity contribution in [2.24, 2.45) is 5.41 Å². The van der Waals surface area contributed by atoms with E-state index in [1.54, 1.807) is 63.2 Å². The maximum absolute atomic E-state index is 12.4. The summed E-state index contributed by atoms with van der Waals surface area (Å²) in [5.41, 5.74) is 0.333. The van der Waals surface area contributed by atoms with Crippen LogP contribution in [0.5, 0.6) is 11.5 Å². The molecular formula is C22H23NO6S. The topological polar surface area (TPSA) is 90.9 Å². The molecule has 0 aromatic heterocycles. The molecule has 30 heavy (non-hydrogen) atoms. The zero-order chi connectivity index (χ0) is 21.7. The van der Waals surface area contributed by atoms with Gasteiger partial charge in [-0.05, 0) is 24.3 Å². The Kier molecular flexibility index (Phi) is 6.66. The van der Waals surface area contributed by atoms with Gasteiger partial charge < -0.3 is 19.5 Å². The van der Waals surface area contributed by atoms with E-state index in [9.17, 15) is 14.4 Å². The Bertz CT molecular complexity index is 966. The fourth-order valence-electron chi connectivity index (χ4n) is 2.50. The molecule has 1 heterocycles. The first-order valence-electron chi connectivity index (χ1n) is 9.36. The number of esters is 1. The van der Waals surface area contributed by atoms with E-state index in [0.717, 1.165) is 0 Å². The third kappa shape index (κ3) is 5.54. The Hall–Kier alpha value is -3.00. The van der Waals surface area contributed by atoms with Gasteiger partial charge in [-0.15, -0.1) is 11.8 Å². The van der Waals surface area contributed by atoms with Gasteiger partial charge in [0.1, 0.15) is 0 Å². The summed E-state index contributed by atoms with van der Waals surface area (Å²) in [4.78, 5) is 37.4. The van der Waals surface area contributed by atoms with Crippen molar-refractivity contribution in [2.45, 2.75) is 25.7 Å². The minimum atomic E-state index is -0.591. The molecule has 0 unspecified atom stereocenters. The molecule has 0 radical (unpaired) electrons. The van der Waals surface area contributed by atoms with Gasteiger partial charge in [0.05, 0.1) is 11.3 Å². The van der Waals surface area contributed by atoms with Crippen molar-refractivity contribution in [3.8, 4) is 11.5 Å². The van der Waals surface area contributed by atoms with E-state index in [1.165, 1.54) is 11.8 Å². The molecule has 158 valence electrons. The normalized spacial score (nSPS) is 12.4. The third-order valence-corrected chi connectivity index (χ3v) is 5.37. The predicted octanol–water partition coefficient (Wildman–Crippen LogP) is 3.92. The molecule has 1 N–H and O–H groups in total. The van der Waals surface area contributed by atoms with Gasteiger partial charge in [0.25, 0.3) is 0 Å². The molecule has 0 bridgehead atoms. The number of anilines is 1. The lowest BCUT2D eigenvalue weighted by atomic mass is 9.91. The van der Waals surface area contributed by atoms with E-state index in [1.807, 2.05) is 0 Å². The van der Waals surface area contributed by atoms with E-state index in [0.29, 0.717) is 27.6 Å². The van der Waals surface area contributed by atoms with Crippen LogP contribution in [-0.2, 0) is 14.3 Å². The number of rotatable bonds is 7. The van der Waals surface area contributed by atoms with Crippen LogP contribution in [-0.4, -0.2) is 36.8 Å². The summed E-state index contributed by atoms with van der Waals surface area (Å²) >= 11 is 1.21. The van der Waals surface area contributed by atoms with Crippen LogP contribution in [0.3, 0.4) is 0 Å². The van der Waals surface area contributed by atoms with Gasteiger partial charge >= 0.3 is 5.97 Å². The van der Waals surface area contributed by atoms with Crippen LogP contribution in [0.15, 0.2) is 47.4 Å². The molecule has 0 atom stereocenters. The highest BCUT2D eigenvalue weighted by atomic mass is 32.2. The molecular weight excluding hydrogens is 406 g/mol. The molecule has 8 heteroatoms. The van der Waals surface area contributed by atoms with Crippen molar-refractivity contribution in [1.29, 1.82) is 0 Å². The van der Waals surface area contributed by atoms with E-state index in [2.05, 4.69) is 5.32 Å². The zero-order valence-electron chi connectivity index (χ0n) is 17.0. The summed E-state index contributed by atoms with van der Waals surface area (Å²) in [7, 11) is 0. The lowest BCUT2D eigenvalue weighted by molar-refractivity contribution is -0.129. The number of ether oxygens (including phenoxy) is 3. The van der Waals surface area contributed by atoms with Crippen LogP contribution in [0.4, 0.5) is 5.69 Å². The van der Waals surface area contributed by atoms with Gasteiger partial charge in [0.15, 0.2) is 23.9 Å². The van der Waals surface area contributed by atoms with E-state index >= 15 is 0 Å². The molecule has 0 fully saturated rings. The quantitative estimate of drug-likeness (QED) is 0.527. The lowest BCUT2D eigenvalue weighted by Crippen LogP contribution is -2.26. The van der Waals surface area contributed by atoms with Crippen LogP contribution in [0, 0.1) is 5.41 Å². The van der Waals surface area contributed by atoms with Crippen molar-refractivity contribution < 1.29 is 28.6 Å². The second-order valence-electron chi connectivity index (χ2n) is 7.65. The van der Waals surface area contributed by atoms with Gasteiger partial charge in [0.2, 0.25) is 12.7 Å².